The minimum absolute atomic E-state index is 0.0366. The molecule has 1 aliphatic heterocycles. The normalized spacial score (nSPS) is 19.1. The zero-order valence-electron chi connectivity index (χ0n) is 12.1. The summed E-state index contributed by atoms with van der Waals surface area (Å²) in [6, 6.07) is 4.52. The van der Waals surface area contributed by atoms with Gasteiger partial charge in [-0.05, 0) is 37.4 Å². The van der Waals surface area contributed by atoms with Gasteiger partial charge in [0.25, 0.3) is 0 Å². The molecule has 1 aliphatic rings. The predicted molar refractivity (Wildman–Crippen MR) is 81.1 cm³/mol. The number of benzene rings is 1. The predicted octanol–water partition coefficient (Wildman–Crippen LogP) is 4.30. The Hall–Kier alpha value is -1.04. The smallest absolute Gasteiger partial charge is 0.379 e. The molecule has 0 bridgehead atoms. The molecule has 1 heterocycles. The van der Waals surface area contributed by atoms with Gasteiger partial charge in [-0.25, -0.2) is 0 Å². The van der Waals surface area contributed by atoms with E-state index in [2.05, 4.69) is 11.5 Å². The summed E-state index contributed by atoms with van der Waals surface area (Å²) < 4.78 is 38.1. The van der Waals surface area contributed by atoms with E-state index in [1.165, 1.54) is 12.1 Å². The van der Waals surface area contributed by atoms with E-state index in [4.69, 9.17) is 11.6 Å². The second kappa shape index (κ2) is 7.02. The van der Waals surface area contributed by atoms with Gasteiger partial charge in [-0.3, -0.25) is 4.90 Å². The van der Waals surface area contributed by atoms with Crippen LogP contribution in [0.5, 0.6) is 0 Å². The number of likely N-dealkylation sites (tertiary alicyclic amines) is 1. The summed E-state index contributed by atoms with van der Waals surface area (Å²) in [5.74, 6) is 0.119. The average Bonchev–Trinajstić information content (AvgIpc) is 2.47. The summed E-state index contributed by atoms with van der Waals surface area (Å²) in [7, 11) is 0. The third-order valence-corrected chi connectivity index (χ3v) is 4.51. The third-order valence-electron chi connectivity index (χ3n) is 4.08. The number of rotatable bonds is 4. The summed E-state index contributed by atoms with van der Waals surface area (Å²) in [6.45, 7) is 6.24. The van der Waals surface area contributed by atoms with Crippen LogP contribution < -0.4 is 0 Å². The summed E-state index contributed by atoms with van der Waals surface area (Å²) in [5.41, 5.74) is 0.431. The van der Waals surface area contributed by atoms with E-state index in [-0.39, 0.29) is 16.5 Å². The van der Waals surface area contributed by atoms with Crippen LogP contribution in [0.3, 0.4) is 0 Å². The van der Waals surface area contributed by atoms with Crippen molar-refractivity contribution in [3.8, 4) is 0 Å². The van der Waals surface area contributed by atoms with E-state index in [1.807, 2.05) is 6.08 Å². The monoisotopic (exact) mass is 333 g/mol. The van der Waals surface area contributed by atoms with Gasteiger partial charge in [0.2, 0.25) is 0 Å². The molecule has 1 atom stereocenters. The molecule has 122 valence electrons. The van der Waals surface area contributed by atoms with E-state index < -0.39 is 12.3 Å². The van der Waals surface area contributed by atoms with Crippen LogP contribution in [0.15, 0.2) is 30.9 Å². The third kappa shape index (κ3) is 3.83. The number of alkyl halides is 3. The van der Waals surface area contributed by atoms with E-state index in [0.29, 0.717) is 5.56 Å². The average molecular weight is 334 g/mol. The molecule has 0 aromatic heterocycles. The van der Waals surface area contributed by atoms with Gasteiger partial charge < -0.3 is 5.11 Å². The molecule has 1 saturated heterocycles. The Balaban J connectivity index is 2.18. The maximum Gasteiger partial charge on any atom is 0.418 e. The van der Waals surface area contributed by atoms with Crippen molar-refractivity contribution in [3.63, 3.8) is 0 Å². The summed E-state index contributed by atoms with van der Waals surface area (Å²) in [5, 5.41) is 9.48. The van der Waals surface area contributed by atoms with Gasteiger partial charge >= 0.3 is 6.18 Å². The molecule has 1 fully saturated rings. The summed E-state index contributed by atoms with van der Waals surface area (Å²) >= 11 is 6.15. The molecule has 0 spiro atoms. The Morgan fingerprint density at radius 1 is 1.36 bits per heavy atom. The number of hydrogen-bond donors (Lipinski definition) is 1. The zero-order chi connectivity index (χ0) is 16.3. The van der Waals surface area contributed by atoms with E-state index in [0.717, 1.165) is 32.5 Å². The molecule has 22 heavy (non-hydrogen) atoms. The van der Waals surface area contributed by atoms with Crippen molar-refractivity contribution in [2.75, 3.05) is 19.6 Å². The Kier molecular flexibility index (Phi) is 5.53. The fraction of sp³-hybridized carbons (Fsp3) is 0.500. The quantitative estimate of drug-likeness (QED) is 0.830. The van der Waals surface area contributed by atoms with Gasteiger partial charge in [-0.2, -0.15) is 13.2 Å². The first-order chi connectivity index (χ1) is 10.3. The van der Waals surface area contributed by atoms with Crippen LogP contribution in [0, 0.1) is 0 Å². The first-order valence-corrected chi connectivity index (χ1v) is 7.58. The number of aliphatic hydroxyl groups excluding tert-OH is 1. The topological polar surface area (TPSA) is 23.5 Å². The molecule has 1 unspecified atom stereocenters. The van der Waals surface area contributed by atoms with Crippen molar-refractivity contribution >= 4 is 11.6 Å². The van der Waals surface area contributed by atoms with Crippen molar-refractivity contribution in [1.82, 2.24) is 4.90 Å². The van der Waals surface area contributed by atoms with Crippen molar-refractivity contribution in [3.05, 3.63) is 47.0 Å². The molecule has 2 nitrogen and oxygen atoms in total. The van der Waals surface area contributed by atoms with Crippen LogP contribution in [0.25, 0.3) is 0 Å². The number of hydrogen-bond acceptors (Lipinski definition) is 2. The van der Waals surface area contributed by atoms with Gasteiger partial charge in [0, 0.05) is 12.1 Å². The lowest BCUT2D eigenvalue weighted by atomic mass is 9.88. The highest BCUT2D eigenvalue weighted by atomic mass is 35.5. The maximum atomic E-state index is 12.7. The Labute approximate surface area is 133 Å². The van der Waals surface area contributed by atoms with Crippen LogP contribution in [-0.4, -0.2) is 35.8 Å². The van der Waals surface area contributed by atoms with Crippen LogP contribution in [0.1, 0.15) is 36.0 Å². The lowest BCUT2D eigenvalue weighted by molar-refractivity contribution is -0.206. The lowest BCUT2D eigenvalue weighted by Crippen LogP contribution is -2.33. The van der Waals surface area contributed by atoms with Gasteiger partial charge in [-0.1, -0.05) is 35.9 Å². The van der Waals surface area contributed by atoms with Gasteiger partial charge in [0.05, 0.1) is 5.02 Å². The lowest BCUT2D eigenvalue weighted by Gasteiger charge is -2.32. The SMILES string of the molecule is C=CCN1CCC(c2cccc(C(O)C(F)(F)F)c2Cl)CC1. The minimum Gasteiger partial charge on any atom is -0.379 e. The molecule has 1 N–H and O–H groups in total. The van der Waals surface area contributed by atoms with Crippen LogP contribution in [-0.2, 0) is 0 Å². The number of piperidine rings is 1. The highest BCUT2D eigenvalue weighted by Crippen LogP contribution is 2.40. The fourth-order valence-electron chi connectivity index (χ4n) is 2.88. The number of aliphatic hydroxyl groups is 1. The van der Waals surface area contributed by atoms with Crippen molar-refractivity contribution in [2.24, 2.45) is 0 Å². The fourth-order valence-corrected chi connectivity index (χ4v) is 3.26. The van der Waals surface area contributed by atoms with Crippen molar-refractivity contribution < 1.29 is 18.3 Å². The maximum absolute atomic E-state index is 12.7. The van der Waals surface area contributed by atoms with E-state index in [1.54, 1.807) is 6.07 Å². The highest BCUT2D eigenvalue weighted by Gasteiger charge is 2.41. The van der Waals surface area contributed by atoms with Crippen molar-refractivity contribution in [2.45, 2.75) is 31.0 Å². The van der Waals surface area contributed by atoms with Crippen LogP contribution >= 0.6 is 11.6 Å². The van der Waals surface area contributed by atoms with Gasteiger partial charge in [-0.15, -0.1) is 6.58 Å². The molecule has 2 rings (SSSR count). The molecule has 1 aromatic carbocycles. The molecule has 0 saturated carbocycles. The van der Waals surface area contributed by atoms with Crippen LogP contribution in [0.2, 0.25) is 5.02 Å². The minimum atomic E-state index is -4.71. The molecule has 0 aliphatic carbocycles. The second-order valence-electron chi connectivity index (χ2n) is 5.56. The van der Waals surface area contributed by atoms with E-state index in [9.17, 15) is 18.3 Å². The molecule has 0 radical (unpaired) electrons. The largest absolute Gasteiger partial charge is 0.418 e. The van der Waals surface area contributed by atoms with Crippen LogP contribution in [0.4, 0.5) is 13.2 Å². The van der Waals surface area contributed by atoms with Gasteiger partial charge in [0.1, 0.15) is 0 Å². The molecular formula is C16H19ClF3NO. The Morgan fingerprint density at radius 3 is 2.55 bits per heavy atom. The Bertz CT molecular complexity index is 525. The number of halogens is 4. The van der Waals surface area contributed by atoms with Gasteiger partial charge in [0.15, 0.2) is 6.10 Å². The van der Waals surface area contributed by atoms with Crippen molar-refractivity contribution in [1.29, 1.82) is 0 Å². The number of nitrogens with zero attached hydrogens (tertiary/aromatic N) is 1. The first kappa shape index (κ1) is 17.3. The molecule has 6 heteroatoms. The first-order valence-electron chi connectivity index (χ1n) is 7.21. The second-order valence-corrected chi connectivity index (χ2v) is 5.94. The summed E-state index contributed by atoms with van der Waals surface area (Å²) in [4.78, 5) is 2.24. The molecular weight excluding hydrogens is 315 g/mol. The Morgan fingerprint density at radius 2 is 2.00 bits per heavy atom. The highest BCUT2D eigenvalue weighted by molar-refractivity contribution is 6.32. The summed E-state index contributed by atoms with van der Waals surface area (Å²) in [6.07, 6.45) is -3.75. The van der Waals surface area contributed by atoms with E-state index >= 15 is 0 Å². The molecule has 1 aromatic rings. The standard InChI is InChI=1S/C16H19ClF3NO/c1-2-8-21-9-6-11(7-10-21)12-4-3-5-13(14(12)17)15(22)16(18,19)20/h2-5,11,15,22H,1,6-10H2. The molecule has 0 amide bonds. The zero-order valence-corrected chi connectivity index (χ0v) is 12.9.